The topological polar surface area (TPSA) is 16.4 Å². The highest BCUT2D eigenvalue weighted by atomic mass is 16.3. The van der Waals surface area contributed by atoms with Gasteiger partial charge in [-0.05, 0) is 146 Å². The van der Waals surface area contributed by atoms with Gasteiger partial charge in [0, 0.05) is 44.6 Å². The van der Waals surface area contributed by atoms with Crippen molar-refractivity contribution < 1.29 is 4.42 Å². The van der Waals surface area contributed by atoms with Crippen molar-refractivity contribution in [3.05, 3.63) is 293 Å². The number of nitrogens with zero attached hydrogens (tertiary/aromatic N) is 1. The van der Waals surface area contributed by atoms with Gasteiger partial charge in [-0.3, -0.25) is 0 Å². The Balaban J connectivity index is 1.02. The van der Waals surface area contributed by atoms with Gasteiger partial charge in [0.15, 0.2) is 0 Å². The van der Waals surface area contributed by atoms with E-state index in [0.717, 1.165) is 50.1 Å². The third-order valence-corrected chi connectivity index (χ3v) is 16.1. The van der Waals surface area contributed by atoms with E-state index in [9.17, 15) is 0 Å². The normalized spacial score (nSPS) is 12.6. The number of furan rings is 1. The van der Waals surface area contributed by atoms with Crippen molar-refractivity contribution in [2.45, 2.75) is 46.0 Å². The fraction of sp³-hybridized carbons (Fsp3) is 0.0959. The van der Waals surface area contributed by atoms with Crippen LogP contribution < -0.4 is 4.90 Å². The Morgan fingerprint density at radius 3 is 1.59 bits per heavy atom. The summed E-state index contributed by atoms with van der Waals surface area (Å²) in [6, 6.07) is 91.5. The van der Waals surface area contributed by atoms with Crippen LogP contribution in [0.2, 0.25) is 0 Å². The van der Waals surface area contributed by atoms with E-state index in [-0.39, 0.29) is 11.3 Å². The highest BCUT2D eigenvalue weighted by molar-refractivity contribution is 6.13. The van der Waals surface area contributed by atoms with Gasteiger partial charge in [0.05, 0.1) is 5.69 Å². The summed E-state index contributed by atoms with van der Waals surface area (Å²) in [4.78, 5) is 2.46. The largest absolute Gasteiger partial charge is 0.455 e. The molecule has 0 saturated carbocycles. The van der Waals surface area contributed by atoms with Gasteiger partial charge in [0.1, 0.15) is 11.2 Å². The average molecular weight is 964 g/mol. The predicted molar refractivity (Wildman–Crippen MR) is 316 cm³/mol. The number of benzene rings is 11. The van der Waals surface area contributed by atoms with Crippen molar-refractivity contribution in [3.63, 3.8) is 0 Å². The van der Waals surface area contributed by atoms with Crippen LogP contribution in [0.5, 0.6) is 0 Å². The highest BCUT2D eigenvalue weighted by Crippen LogP contribution is 2.55. The number of anilines is 3. The second-order valence-electron chi connectivity index (χ2n) is 20.9. The minimum Gasteiger partial charge on any atom is -0.455 e. The molecule has 75 heavy (non-hydrogen) atoms. The molecule has 12 aromatic rings. The molecule has 0 amide bonds. The van der Waals surface area contributed by atoms with Gasteiger partial charge in [-0.15, -0.1) is 0 Å². The monoisotopic (exact) mass is 963 g/mol. The number of fused-ring (bicyclic) bond motifs is 6. The minimum atomic E-state index is -0.154. The molecular formula is C73H57NO. The third kappa shape index (κ3) is 7.71. The van der Waals surface area contributed by atoms with Crippen LogP contribution in [0.4, 0.5) is 17.1 Å². The molecule has 0 bridgehead atoms. The minimum absolute atomic E-state index is 0.143. The first kappa shape index (κ1) is 45.9. The van der Waals surface area contributed by atoms with E-state index < -0.39 is 0 Å². The number of rotatable bonds is 10. The lowest BCUT2D eigenvalue weighted by Gasteiger charge is -2.29. The molecule has 1 aliphatic carbocycles. The van der Waals surface area contributed by atoms with Crippen LogP contribution >= 0.6 is 0 Å². The number of hydrogen-bond acceptors (Lipinski definition) is 2. The van der Waals surface area contributed by atoms with Gasteiger partial charge in [0.25, 0.3) is 0 Å². The second kappa shape index (κ2) is 18.5. The average Bonchev–Trinajstić information content (AvgIpc) is 4.00. The summed E-state index contributed by atoms with van der Waals surface area (Å²) in [6.45, 7) is 11.4. The molecule has 0 unspecified atom stereocenters. The van der Waals surface area contributed by atoms with Crippen LogP contribution in [-0.4, -0.2) is 0 Å². The summed E-state index contributed by atoms with van der Waals surface area (Å²) in [7, 11) is 0. The summed E-state index contributed by atoms with van der Waals surface area (Å²) in [5.74, 6) is -0.154. The Kier molecular flexibility index (Phi) is 11.3. The molecule has 360 valence electrons. The van der Waals surface area contributed by atoms with Crippen LogP contribution in [0.15, 0.2) is 253 Å². The molecule has 0 atom stereocenters. The number of aryl methyl sites for hydroxylation is 3. The molecule has 11 aromatic carbocycles. The lowest BCUT2D eigenvalue weighted by Crippen LogP contribution is -2.16. The van der Waals surface area contributed by atoms with Gasteiger partial charge in [-0.25, -0.2) is 0 Å². The van der Waals surface area contributed by atoms with Crippen molar-refractivity contribution in [1.82, 2.24) is 0 Å². The standard InChI is InChI=1S/C73H57NO/c1-47-22-9-11-29-55(47)58-31-13-15-33-60(58)69(61-34-16-14-32-59(61)56-30-12-10-23-48(56)2)63-45-44-57(72-71(63)68-49(3)24-19-39-67(68)75-72)51-40-42-53(43-41-51)74(54-28-20-27-52(46-54)50-25-7-6-8-26-50)66-38-21-37-65-70(66)62-35-17-18-36-64(62)73(65,4)5/h6-46,69H,1-5H3. The first-order chi connectivity index (χ1) is 36.7. The molecule has 0 fully saturated rings. The molecule has 1 aliphatic rings. The third-order valence-electron chi connectivity index (χ3n) is 16.1. The molecule has 2 heteroatoms. The van der Waals surface area contributed by atoms with E-state index in [1.807, 2.05) is 0 Å². The van der Waals surface area contributed by atoms with E-state index in [4.69, 9.17) is 4.42 Å². The fourth-order valence-corrected chi connectivity index (χ4v) is 12.4. The molecule has 1 heterocycles. The maximum absolute atomic E-state index is 7.21. The van der Waals surface area contributed by atoms with E-state index in [1.165, 1.54) is 89.0 Å². The SMILES string of the molecule is Cc1ccccc1-c1ccccc1C(c1ccccc1-c1ccccc1C)c1ccc(-c2ccc(N(c3cccc(-c4ccccc4)c3)c3cccc4c3-c3ccccc3C4(C)C)cc2)c2oc3cccc(C)c3c12. The van der Waals surface area contributed by atoms with E-state index in [2.05, 4.69) is 288 Å². The van der Waals surface area contributed by atoms with Crippen molar-refractivity contribution in [1.29, 1.82) is 0 Å². The van der Waals surface area contributed by atoms with E-state index in [0.29, 0.717) is 0 Å². The zero-order valence-corrected chi connectivity index (χ0v) is 43.1. The van der Waals surface area contributed by atoms with Gasteiger partial charge >= 0.3 is 0 Å². The summed E-state index contributed by atoms with van der Waals surface area (Å²) < 4.78 is 7.21. The first-order valence-electron chi connectivity index (χ1n) is 26.3. The zero-order valence-electron chi connectivity index (χ0n) is 43.1. The van der Waals surface area contributed by atoms with Crippen LogP contribution in [-0.2, 0) is 5.41 Å². The number of hydrogen-bond donors (Lipinski definition) is 0. The molecule has 0 spiro atoms. The summed E-state index contributed by atoms with van der Waals surface area (Å²) in [5, 5.41) is 2.30. The van der Waals surface area contributed by atoms with Crippen LogP contribution in [0, 0.1) is 20.8 Å². The van der Waals surface area contributed by atoms with Crippen molar-refractivity contribution >= 4 is 39.0 Å². The smallest absolute Gasteiger partial charge is 0.143 e. The molecular weight excluding hydrogens is 907 g/mol. The highest BCUT2D eigenvalue weighted by Gasteiger charge is 2.38. The molecule has 0 aliphatic heterocycles. The maximum Gasteiger partial charge on any atom is 0.143 e. The zero-order chi connectivity index (χ0) is 50.8. The summed E-state index contributed by atoms with van der Waals surface area (Å²) >= 11 is 0. The van der Waals surface area contributed by atoms with E-state index in [1.54, 1.807) is 0 Å². The summed E-state index contributed by atoms with van der Waals surface area (Å²) in [5.41, 5.74) is 27.1. The molecule has 0 N–H and O–H groups in total. The van der Waals surface area contributed by atoms with Crippen molar-refractivity contribution in [2.24, 2.45) is 0 Å². The van der Waals surface area contributed by atoms with Crippen molar-refractivity contribution in [2.75, 3.05) is 4.90 Å². The van der Waals surface area contributed by atoms with Crippen LogP contribution in [0.1, 0.15) is 64.3 Å². The molecule has 0 radical (unpaired) electrons. The van der Waals surface area contributed by atoms with Crippen LogP contribution in [0.3, 0.4) is 0 Å². The Morgan fingerprint density at radius 2 is 0.907 bits per heavy atom. The Bertz CT molecular complexity index is 4050. The Morgan fingerprint density at radius 1 is 0.360 bits per heavy atom. The quantitative estimate of drug-likeness (QED) is 0.127. The van der Waals surface area contributed by atoms with Crippen molar-refractivity contribution in [3.8, 4) is 55.6 Å². The Labute approximate surface area is 440 Å². The van der Waals surface area contributed by atoms with Gasteiger partial charge in [-0.2, -0.15) is 0 Å². The lowest BCUT2D eigenvalue weighted by atomic mass is 9.76. The molecule has 2 nitrogen and oxygen atoms in total. The van der Waals surface area contributed by atoms with Gasteiger partial charge < -0.3 is 9.32 Å². The van der Waals surface area contributed by atoms with Gasteiger partial charge in [0.2, 0.25) is 0 Å². The first-order valence-corrected chi connectivity index (χ1v) is 26.3. The molecule has 0 saturated heterocycles. The van der Waals surface area contributed by atoms with Crippen LogP contribution in [0.25, 0.3) is 77.6 Å². The van der Waals surface area contributed by atoms with E-state index >= 15 is 0 Å². The predicted octanol–water partition coefficient (Wildman–Crippen LogP) is 20.1. The lowest BCUT2D eigenvalue weighted by molar-refractivity contribution is 0.660. The second-order valence-corrected chi connectivity index (χ2v) is 20.9. The summed E-state index contributed by atoms with van der Waals surface area (Å²) in [6.07, 6.45) is 0. The Hall–Kier alpha value is -8.98. The maximum atomic E-state index is 7.21. The van der Waals surface area contributed by atoms with Gasteiger partial charge in [-0.1, -0.05) is 226 Å². The molecule has 13 rings (SSSR count). The molecule has 1 aromatic heterocycles. The fourth-order valence-electron chi connectivity index (χ4n) is 12.4.